The molecule has 0 aromatic heterocycles. The predicted molar refractivity (Wildman–Crippen MR) is 313 cm³/mol. The van der Waals surface area contributed by atoms with E-state index < -0.39 is 40.0 Å². The molecule has 5 fully saturated rings. The topological polar surface area (TPSA) is 146 Å². The Hall–Kier alpha value is -3.34. The second kappa shape index (κ2) is 24.7. The first-order valence-corrected chi connectivity index (χ1v) is 30.2. The van der Waals surface area contributed by atoms with E-state index in [4.69, 9.17) is 47.4 Å². The molecule has 80 heavy (non-hydrogen) atoms. The molecule has 0 radical (unpaired) electrons. The lowest BCUT2D eigenvalue weighted by atomic mass is 9.82. The van der Waals surface area contributed by atoms with Crippen molar-refractivity contribution in [2.45, 2.75) is 284 Å². The summed E-state index contributed by atoms with van der Waals surface area (Å²) in [4.78, 5) is 36.1. The standard InChI is InChI=1S/C66H106N2O12/c1-43(77-64(15,16)34-51-37-71-51)31-61(9,10)67-54(29-47-21-25-49(26-22-47)76-41-59(5,6)46(4)75-42-60(7,8)56-40-74-56)57(69)68(62(11,12)32-44(2)78-65(17,18)35-52-38-72-52)55(58(67)70)30-48-23-27-50(28-24-48)80-63(13,14)33-45(3)79-66(19,20)36-53-39-73-53/h21-28,43-46,51-56H,29-42H2,1-20H3/t43?,44?,45?,46?,51?,52?,53?,54?,55-,56?/m1/s1. The Kier molecular flexibility index (Phi) is 19.8. The lowest BCUT2D eigenvalue weighted by molar-refractivity contribution is -0.179. The Morgan fingerprint density at radius 2 is 0.850 bits per heavy atom. The number of carbonyl (C=O) groups is 2. The summed E-state index contributed by atoms with van der Waals surface area (Å²) in [6.45, 7) is 46.4. The number of hydrogen-bond donors (Lipinski definition) is 0. The summed E-state index contributed by atoms with van der Waals surface area (Å²) in [5.41, 5.74) is -1.79. The Morgan fingerprint density at radius 1 is 0.487 bits per heavy atom. The third kappa shape index (κ3) is 18.8. The van der Waals surface area contributed by atoms with E-state index >= 15 is 9.59 Å². The van der Waals surface area contributed by atoms with Crippen LogP contribution in [-0.2, 0) is 60.3 Å². The normalized spacial score (nSPS) is 24.6. The summed E-state index contributed by atoms with van der Waals surface area (Å²) in [5, 5.41) is 0. The van der Waals surface area contributed by atoms with Crippen molar-refractivity contribution in [1.29, 1.82) is 0 Å². The molecule has 0 aliphatic carbocycles. The van der Waals surface area contributed by atoms with E-state index in [1.165, 1.54) is 0 Å². The molecule has 0 bridgehead atoms. The molecule has 0 saturated carbocycles. The van der Waals surface area contributed by atoms with Gasteiger partial charge in [-0.2, -0.15) is 0 Å². The third-order valence-corrected chi connectivity index (χ3v) is 17.0. The highest BCUT2D eigenvalue weighted by atomic mass is 16.6. The molecule has 10 atom stereocenters. The zero-order valence-corrected chi connectivity index (χ0v) is 53.1. The number of rotatable bonds is 34. The van der Waals surface area contributed by atoms with E-state index in [0.717, 1.165) is 68.3 Å². The number of hydrogen-bond acceptors (Lipinski definition) is 12. The van der Waals surface area contributed by atoms with Crippen molar-refractivity contribution in [3.05, 3.63) is 59.7 Å². The van der Waals surface area contributed by atoms with Gasteiger partial charge in [-0.3, -0.25) is 9.59 Å². The Balaban J connectivity index is 1.15. The van der Waals surface area contributed by atoms with E-state index in [9.17, 15) is 0 Å². The zero-order chi connectivity index (χ0) is 59.0. The third-order valence-electron chi connectivity index (χ3n) is 17.0. The van der Waals surface area contributed by atoms with Crippen LogP contribution in [0, 0.1) is 10.8 Å². The largest absolute Gasteiger partial charge is 0.493 e. The van der Waals surface area contributed by atoms with E-state index in [0.29, 0.717) is 45.3 Å². The van der Waals surface area contributed by atoms with Crippen LogP contribution in [0.3, 0.4) is 0 Å². The monoisotopic (exact) mass is 1120 g/mol. The van der Waals surface area contributed by atoms with Crippen molar-refractivity contribution in [2.24, 2.45) is 10.8 Å². The number of ether oxygens (including phenoxy) is 10. The maximum atomic E-state index is 16.1. The van der Waals surface area contributed by atoms with Crippen LogP contribution in [0.1, 0.15) is 188 Å². The molecule has 5 aliphatic heterocycles. The first kappa shape index (κ1) is 64.2. The zero-order valence-electron chi connectivity index (χ0n) is 53.1. The van der Waals surface area contributed by atoms with Crippen LogP contribution < -0.4 is 9.47 Å². The van der Waals surface area contributed by atoms with Crippen LogP contribution in [0.5, 0.6) is 11.5 Å². The number of benzene rings is 2. The van der Waals surface area contributed by atoms with Gasteiger partial charge in [-0.15, -0.1) is 0 Å². The molecule has 7 rings (SSSR count). The minimum atomic E-state index is -0.822. The molecule has 14 heteroatoms. The second-order valence-electron chi connectivity index (χ2n) is 29.8. The Labute approximate surface area is 482 Å². The highest BCUT2D eigenvalue weighted by Crippen LogP contribution is 2.41. The van der Waals surface area contributed by atoms with E-state index in [2.05, 4.69) is 138 Å². The van der Waals surface area contributed by atoms with Crippen molar-refractivity contribution in [1.82, 2.24) is 9.80 Å². The number of nitrogens with zero attached hydrogens (tertiary/aromatic N) is 2. The van der Waals surface area contributed by atoms with Crippen LogP contribution in [0.2, 0.25) is 0 Å². The van der Waals surface area contributed by atoms with Gasteiger partial charge in [0.1, 0.15) is 29.2 Å². The molecular formula is C66H106N2O12. The molecule has 5 heterocycles. The van der Waals surface area contributed by atoms with Gasteiger partial charge in [-0.05, 0) is 159 Å². The molecule has 452 valence electrons. The number of epoxide rings is 4. The summed E-state index contributed by atoms with van der Waals surface area (Å²) >= 11 is 0. The number of amides is 2. The number of piperazine rings is 1. The average molecular weight is 1120 g/mol. The predicted octanol–water partition coefficient (Wildman–Crippen LogP) is 11.9. The molecule has 2 amide bonds. The van der Waals surface area contributed by atoms with Gasteiger partial charge in [0.05, 0.1) is 105 Å². The molecule has 0 spiro atoms. The van der Waals surface area contributed by atoms with Crippen molar-refractivity contribution < 1.29 is 57.0 Å². The van der Waals surface area contributed by atoms with Gasteiger partial charge in [0.25, 0.3) is 0 Å². The Bertz CT molecular complexity index is 2340. The molecule has 14 nitrogen and oxygen atoms in total. The van der Waals surface area contributed by atoms with Crippen LogP contribution in [0.25, 0.3) is 0 Å². The summed E-state index contributed by atoms with van der Waals surface area (Å²) in [5.74, 6) is 1.26. The van der Waals surface area contributed by atoms with Crippen molar-refractivity contribution in [3.8, 4) is 11.5 Å². The maximum Gasteiger partial charge on any atom is 0.246 e. The molecule has 2 aromatic rings. The van der Waals surface area contributed by atoms with Gasteiger partial charge in [-0.1, -0.05) is 52.0 Å². The summed E-state index contributed by atoms with van der Waals surface area (Å²) in [6, 6.07) is 14.4. The average Bonchev–Trinajstić information content (AvgIpc) is 4.07. The molecule has 9 unspecified atom stereocenters. The van der Waals surface area contributed by atoms with Gasteiger partial charge >= 0.3 is 0 Å². The van der Waals surface area contributed by atoms with E-state index in [1.54, 1.807) is 0 Å². The Morgan fingerprint density at radius 3 is 1.21 bits per heavy atom. The van der Waals surface area contributed by atoms with Gasteiger partial charge in [0, 0.05) is 60.4 Å². The van der Waals surface area contributed by atoms with Crippen molar-refractivity contribution in [3.63, 3.8) is 0 Å². The van der Waals surface area contributed by atoms with Gasteiger partial charge in [0.2, 0.25) is 11.8 Å². The van der Waals surface area contributed by atoms with E-state index in [1.807, 2.05) is 58.3 Å². The van der Waals surface area contributed by atoms with Crippen molar-refractivity contribution >= 4 is 11.8 Å². The fraction of sp³-hybridized carbons (Fsp3) is 0.788. The highest BCUT2D eigenvalue weighted by molar-refractivity contribution is 5.98. The summed E-state index contributed by atoms with van der Waals surface area (Å²) in [7, 11) is 0. The van der Waals surface area contributed by atoms with Gasteiger partial charge in [-0.25, -0.2) is 0 Å². The van der Waals surface area contributed by atoms with Crippen LogP contribution >= 0.6 is 0 Å². The lowest BCUT2D eigenvalue weighted by Gasteiger charge is -2.56. The fourth-order valence-electron chi connectivity index (χ4n) is 12.8. The SMILES string of the molecule is CC(CC(C)(C)Oc1ccc(C[C@@H]2C(=O)N(C(C)(C)CC(C)OC(C)(C)CC3CO3)C(Cc3ccc(OCC(C)(C)C(C)OCC(C)(C)C4CO4)cc3)C(=O)N2C(C)(C)CC(C)OC(C)(C)CC2CO2)cc1)OC(C)(C)CC1CO1. The molecule has 0 N–H and O–H groups in total. The minimum absolute atomic E-state index is 0.0419. The van der Waals surface area contributed by atoms with Gasteiger partial charge in [0.15, 0.2) is 0 Å². The summed E-state index contributed by atoms with van der Waals surface area (Å²) in [6.07, 6.45) is 5.09. The first-order valence-electron chi connectivity index (χ1n) is 30.2. The fourth-order valence-corrected chi connectivity index (χ4v) is 12.8. The quantitative estimate of drug-likeness (QED) is 0.0615. The van der Waals surface area contributed by atoms with Gasteiger partial charge < -0.3 is 57.2 Å². The number of carbonyl (C=O) groups excluding carboxylic acids is 2. The molecule has 2 aromatic carbocycles. The maximum absolute atomic E-state index is 16.1. The minimum Gasteiger partial charge on any atom is -0.493 e. The second-order valence-corrected chi connectivity index (χ2v) is 29.8. The molecular weight excluding hydrogens is 1010 g/mol. The highest BCUT2D eigenvalue weighted by Gasteiger charge is 2.55. The lowest BCUT2D eigenvalue weighted by Crippen LogP contribution is -2.73. The summed E-state index contributed by atoms with van der Waals surface area (Å²) < 4.78 is 61.8. The molecule has 5 saturated heterocycles. The van der Waals surface area contributed by atoms with Crippen LogP contribution in [0.15, 0.2) is 48.5 Å². The first-order chi connectivity index (χ1) is 36.9. The van der Waals surface area contributed by atoms with Crippen molar-refractivity contribution in [2.75, 3.05) is 39.6 Å². The van der Waals surface area contributed by atoms with Crippen LogP contribution in [0.4, 0.5) is 0 Å². The smallest absolute Gasteiger partial charge is 0.246 e. The van der Waals surface area contributed by atoms with Crippen LogP contribution in [-0.4, -0.2) is 156 Å². The molecule has 5 aliphatic rings. The van der Waals surface area contributed by atoms with E-state index in [-0.39, 0.29) is 77.1 Å².